The van der Waals surface area contributed by atoms with Crippen molar-refractivity contribution in [2.75, 3.05) is 35.6 Å². The normalized spacial score (nSPS) is 18.7. The molecule has 2 aliphatic heterocycles. The highest BCUT2D eigenvalue weighted by molar-refractivity contribution is 6.03. The van der Waals surface area contributed by atoms with E-state index in [1.165, 1.54) is 18.4 Å². The van der Waals surface area contributed by atoms with Gasteiger partial charge in [0.15, 0.2) is 11.6 Å². The lowest BCUT2D eigenvalue weighted by molar-refractivity contribution is -0.115. The van der Waals surface area contributed by atoms with Crippen LogP contribution in [-0.2, 0) is 17.9 Å². The Morgan fingerprint density at radius 2 is 2.06 bits per heavy atom. The van der Waals surface area contributed by atoms with Crippen molar-refractivity contribution >= 4 is 23.2 Å². The Balaban J connectivity index is 1.54. The molecule has 2 aromatic rings. The molecule has 1 aromatic heterocycles. The van der Waals surface area contributed by atoms with E-state index in [4.69, 9.17) is 10.5 Å². The number of anilines is 3. The van der Waals surface area contributed by atoms with Gasteiger partial charge in [-0.3, -0.25) is 9.69 Å². The number of ether oxygens (including phenoxy) is 1. The average molecular weight is 425 g/mol. The number of aromatic nitrogens is 2. The molecule has 0 aliphatic carbocycles. The van der Waals surface area contributed by atoms with Gasteiger partial charge in [-0.15, -0.1) is 0 Å². The van der Waals surface area contributed by atoms with E-state index in [0.29, 0.717) is 30.7 Å². The number of amides is 1. The number of fused-ring (bicyclic) bond motifs is 1. The molecular formula is C23H32N6O2. The molecule has 0 radical (unpaired) electrons. The zero-order valence-corrected chi connectivity index (χ0v) is 18.4. The third kappa shape index (κ3) is 5.07. The van der Waals surface area contributed by atoms with Crippen LogP contribution in [0.15, 0.2) is 24.3 Å². The van der Waals surface area contributed by atoms with Crippen LogP contribution < -0.4 is 20.7 Å². The Labute approximate surface area is 183 Å². The minimum atomic E-state index is -0.121. The monoisotopic (exact) mass is 424 g/mol. The highest BCUT2D eigenvalue weighted by Crippen LogP contribution is 2.34. The maximum Gasteiger partial charge on any atom is 0.320 e. The lowest BCUT2D eigenvalue weighted by atomic mass is 10.1. The van der Waals surface area contributed by atoms with Crippen LogP contribution >= 0.6 is 0 Å². The van der Waals surface area contributed by atoms with E-state index < -0.39 is 0 Å². The van der Waals surface area contributed by atoms with Crippen LogP contribution in [-0.4, -0.2) is 46.5 Å². The summed E-state index contributed by atoms with van der Waals surface area (Å²) in [6.07, 6.45) is 4.48. The summed E-state index contributed by atoms with van der Waals surface area (Å²) in [4.78, 5) is 25.5. The van der Waals surface area contributed by atoms with Crippen molar-refractivity contribution in [2.45, 2.75) is 58.7 Å². The van der Waals surface area contributed by atoms with Crippen LogP contribution in [0.25, 0.3) is 0 Å². The fourth-order valence-electron chi connectivity index (χ4n) is 4.23. The SMILES string of the molecule is CCCCOc1nc(N)c2c(n1)N(Cc1cccc(CN3CCC[C@@H]3C)c1)CC(=O)N2. The number of carbonyl (C=O) groups excluding carboxylic acids is 1. The molecule has 0 spiro atoms. The summed E-state index contributed by atoms with van der Waals surface area (Å²) in [5.74, 6) is 0.716. The summed E-state index contributed by atoms with van der Waals surface area (Å²) in [5.41, 5.74) is 9.00. The smallest absolute Gasteiger partial charge is 0.320 e. The second kappa shape index (κ2) is 9.51. The first-order valence-corrected chi connectivity index (χ1v) is 11.2. The fraction of sp³-hybridized carbons (Fsp3) is 0.522. The second-order valence-electron chi connectivity index (χ2n) is 8.48. The largest absolute Gasteiger partial charge is 0.463 e. The maximum absolute atomic E-state index is 12.3. The average Bonchev–Trinajstić information content (AvgIpc) is 3.14. The molecule has 1 aromatic carbocycles. The molecule has 8 nitrogen and oxygen atoms in total. The van der Waals surface area contributed by atoms with Gasteiger partial charge in [0.25, 0.3) is 0 Å². The number of carbonyl (C=O) groups is 1. The van der Waals surface area contributed by atoms with E-state index >= 15 is 0 Å². The topological polar surface area (TPSA) is 96.6 Å². The van der Waals surface area contributed by atoms with Crippen LogP contribution in [0.1, 0.15) is 50.7 Å². The summed E-state index contributed by atoms with van der Waals surface area (Å²) >= 11 is 0. The number of nitrogens with two attached hydrogens (primary N) is 1. The van der Waals surface area contributed by atoms with Crippen molar-refractivity contribution < 1.29 is 9.53 Å². The molecule has 3 N–H and O–H groups in total. The number of unbranched alkanes of at least 4 members (excludes halogenated alkanes) is 1. The van der Waals surface area contributed by atoms with Crippen molar-refractivity contribution in [1.29, 1.82) is 0 Å². The van der Waals surface area contributed by atoms with Gasteiger partial charge in [0.05, 0.1) is 13.2 Å². The molecule has 1 amide bonds. The number of likely N-dealkylation sites (tertiary alicyclic amines) is 1. The van der Waals surface area contributed by atoms with E-state index in [1.807, 2.05) is 4.90 Å². The van der Waals surface area contributed by atoms with E-state index in [9.17, 15) is 4.79 Å². The van der Waals surface area contributed by atoms with Gasteiger partial charge in [-0.1, -0.05) is 37.6 Å². The van der Waals surface area contributed by atoms with Crippen LogP contribution in [0.3, 0.4) is 0 Å². The van der Waals surface area contributed by atoms with E-state index in [1.54, 1.807) is 0 Å². The molecule has 4 rings (SSSR count). The minimum absolute atomic E-state index is 0.121. The predicted molar refractivity (Wildman–Crippen MR) is 122 cm³/mol. The number of nitrogens with zero attached hydrogens (tertiary/aromatic N) is 4. The molecule has 3 heterocycles. The fourth-order valence-corrected chi connectivity index (χ4v) is 4.23. The van der Waals surface area contributed by atoms with Gasteiger partial charge in [0.2, 0.25) is 5.91 Å². The molecule has 0 saturated carbocycles. The quantitative estimate of drug-likeness (QED) is 0.628. The highest BCUT2D eigenvalue weighted by atomic mass is 16.5. The first-order chi connectivity index (χ1) is 15.0. The van der Waals surface area contributed by atoms with Gasteiger partial charge in [0.1, 0.15) is 5.69 Å². The summed E-state index contributed by atoms with van der Waals surface area (Å²) < 4.78 is 5.68. The van der Waals surface area contributed by atoms with Crippen LogP contribution in [0.5, 0.6) is 6.01 Å². The Bertz CT molecular complexity index is 934. The van der Waals surface area contributed by atoms with Crippen molar-refractivity contribution in [2.24, 2.45) is 0 Å². The molecule has 0 bridgehead atoms. The van der Waals surface area contributed by atoms with E-state index in [0.717, 1.165) is 31.5 Å². The lowest BCUT2D eigenvalue weighted by Crippen LogP contribution is -2.39. The third-order valence-electron chi connectivity index (χ3n) is 5.97. The highest BCUT2D eigenvalue weighted by Gasteiger charge is 2.27. The van der Waals surface area contributed by atoms with Gasteiger partial charge in [-0.05, 0) is 43.9 Å². The minimum Gasteiger partial charge on any atom is -0.463 e. The molecule has 1 fully saturated rings. The van der Waals surface area contributed by atoms with Crippen molar-refractivity contribution in [3.8, 4) is 6.01 Å². The van der Waals surface area contributed by atoms with E-state index in [-0.39, 0.29) is 24.3 Å². The van der Waals surface area contributed by atoms with Gasteiger partial charge >= 0.3 is 6.01 Å². The van der Waals surface area contributed by atoms with Gasteiger partial charge < -0.3 is 20.7 Å². The zero-order chi connectivity index (χ0) is 21.8. The summed E-state index contributed by atoms with van der Waals surface area (Å²) in [6, 6.07) is 9.46. The molecule has 166 valence electrons. The van der Waals surface area contributed by atoms with Gasteiger partial charge in [-0.2, -0.15) is 9.97 Å². The summed E-state index contributed by atoms with van der Waals surface area (Å²) in [5, 5.41) is 2.81. The predicted octanol–water partition coefficient (Wildman–Crippen LogP) is 3.18. The molecule has 2 aliphatic rings. The Morgan fingerprint density at radius 3 is 2.81 bits per heavy atom. The van der Waals surface area contributed by atoms with Crippen molar-refractivity contribution in [3.05, 3.63) is 35.4 Å². The van der Waals surface area contributed by atoms with Crippen molar-refractivity contribution in [3.63, 3.8) is 0 Å². The van der Waals surface area contributed by atoms with Crippen LogP contribution in [0.2, 0.25) is 0 Å². The van der Waals surface area contributed by atoms with Crippen LogP contribution in [0, 0.1) is 0 Å². The Kier molecular flexibility index (Phi) is 6.56. The standard InChI is InChI=1S/C23H32N6O2/c1-3-4-11-31-23-26-21(24)20-22(27-23)29(15-19(30)25-20)14-18-9-5-8-17(12-18)13-28-10-6-7-16(28)2/h5,8-9,12,16H,3-4,6-7,10-11,13-15H2,1-2H3,(H,25,30)(H2,24,26,27)/t16-/m0/s1. The third-order valence-corrected chi connectivity index (χ3v) is 5.97. The van der Waals surface area contributed by atoms with Crippen molar-refractivity contribution in [1.82, 2.24) is 14.9 Å². The molecule has 1 atom stereocenters. The van der Waals surface area contributed by atoms with Gasteiger partial charge in [-0.25, -0.2) is 0 Å². The Morgan fingerprint density at radius 1 is 1.26 bits per heavy atom. The number of hydrogen-bond acceptors (Lipinski definition) is 7. The number of nitrogens with one attached hydrogen (secondary N) is 1. The molecule has 8 heteroatoms. The molecule has 31 heavy (non-hydrogen) atoms. The molecule has 0 unspecified atom stereocenters. The second-order valence-corrected chi connectivity index (χ2v) is 8.48. The van der Waals surface area contributed by atoms with Gasteiger partial charge in [0, 0.05) is 19.1 Å². The number of benzene rings is 1. The summed E-state index contributed by atoms with van der Waals surface area (Å²) in [7, 11) is 0. The molecule has 1 saturated heterocycles. The number of rotatable bonds is 8. The maximum atomic E-state index is 12.3. The van der Waals surface area contributed by atoms with E-state index in [2.05, 4.69) is 58.3 Å². The first kappa shape index (κ1) is 21.4. The first-order valence-electron chi connectivity index (χ1n) is 11.2. The number of hydrogen-bond donors (Lipinski definition) is 2. The molecular weight excluding hydrogens is 392 g/mol. The Hall–Kier alpha value is -2.87. The van der Waals surface area contributed by atoms with Crippen LogP contribution in [0.4, 0.5) is 17.3 Å². The number of nitrogen functional groups attached to an aromatic ring is 1. The lowest BCUT2D eigenvalue weighted by Gasteiger charge is -2.30. The zero-order valence-electron chi connectivity index (χ0n) is 18.4. The summed E-state index contributed by atoms with van der Waals surface area (Å²) in [6.45, 7) is 7.82.